The van der Waals surface area contributed by atoms with Crippen molar-refractivity contribution in [2.24, 2.45) is 0 Å². The monoisotopic (exact) mass is 366 g/mol. The maximum Gasteiger partial charge on any atom is 0.265 e. The zero-order valence-electron chi connectivity index (χ0n) is 12.5. The number of nitrogens with one attached hydrogen (secondary N) is 2. The van der Waals surface area contributed by atoms with E-state index in [2.05, 4.69) is 14.8 Å². The van der Waals surface area contributed by atoms with Gasteiger partial charge in [-0.15, -0.1) is 0 Å². The highest BCUT2D eigenvalue weighted by Crippen LogP contribution is 2.33. The molecular formula is C15H15ClN4O3S. The van der Waals surface area contributed by atoms with E-state index in [0.29, 0.717) is 29.1 Å². The fourth-order valence-electron chi connectivity index (χ4n) is 2.84. The molecule has 0 spiro atoms. The average molecular weight is 367 g/mol. The first-order chi connectivity index (χ1) is 11.4. The second-order valence-corrected chi connectivity index (χ2v) is 7.99. The Balaban J connectivity index is 1.63. The lowest BCUT2D eigenvalue weighted by Gasteiger charge is -2.31. The van der Waals surface area contributed by atoms with Gasteiger partial charge in [0, 0.05) is 17.8 Å². The fourth-order valence-corrected chi connectivity index (χ4v) is 4.07. The summed E-state index contributed by atoms with van der Waals surface area (Å²) in [7, 11) is -3.76. The van der Waals surface area contributed by atoms with E-state index in [9.17, 15) is 13.5 Å². The Morgan fingerprint density at radius 3 is 2.92 bits per heavy atom. The number of anilines is 1. The van der Waals surface area contributed by atoms with Crippen LogP contribution in [0.25, 0.3) is 10.9 Å². The Morgan fingerprint density at radius 2 is 2.17 bits per heavy atom. The summed E-state index contributed by atoms with van der Waals surface area (Å²) < 4.78 is 29.4. The Bertz CT molecular complexity index is 1000. The van der Waals surface area contributed by atoms with Gasteiger partial charge in [-0.25, -0.2) is 8.42 Å². The van der Waals surface area contributed by atoms with Crippen LogP contribution in [0.5, 0.6) is 0 Å². The maximum absolute atomic E-state index is 12.6. The summed E-state index contributed by atoms with van der Waals surface area (Å²) in [6.45, 7) is 0. The van der Waals surface area contributed by atoms with Gasteiger partial charge >= 0.3 is 0 Å². The number of fused-ring (bicyclic) bond motifs is 1. The number of benzene rings is 1. The van der Waals surface area contributed by atoms with E-state index in [1.807, 2.05) is 6.07 Å². The third-order valence-electron chi connectivity index (χ3n) is 4.26. The van der Waals surface area contributed by atoms with E-state index < -0.39 is 10.0 Å². The molecule has 126 valence electrons. The van der Waals surface area contributed by atoms with E-state index in [1.165, 1.54) is 12.4 Å². The molecule has 0 atom stereocenters. The van der Waals surface area contributed by atoms with Crippen LogP contribution in [0.4, 0.5) is 5.69 Å². The van der Waals surface area contributed by atoms with Crippen LogP contribution in [0, 0.1) is 0 Å². The second-order valence-electron chi connectivity index (χ2n) is 5.91. The third kappa shape index (κ3) is 2.56. The van der Waals surface area contributed by atoms with Crippen molar-refractivity contribution in [3.8, 4) is 0 Å². The molecule has 4 rings (SSSR count). The molecule has 1 fully saturated rings. The van der Waals surface area contributed by atoms with Crippen molar-refractivity contribution in [2.45, 2.75) is 29.9 Å². The lowest BCUT2D eigenvalue weighted by molar-refractivity contribution is 0.0433. The molecular weight excluding hydrogens is 352 g/mol. The van der Waals surface area contributed by atoms with Crippen molar-refractivity contribution in [1.29, 1.82) is 0 Å². The molecule has 1 aliphatic rings. The Morgan fingerprint density at radius 1 is 1.38 bits per heavy atom. The summed E-state index contributed by atoms with van der Waals surface area (Å²) in [5, 5.41) is 14.7. The fraction of sp³-hybridized carbons (Fsp3) is 0.267. The summed E-state index contributed by atoms with van der Waals surface area (Å²) >= 11 is 6.06. The molecule has 24 heavy (non-hydrogen) atoms. The number of hydrogen-bond acceptors (Lipinski definition) is 4. The van der Waals surface area contributed by atoms with Crippen molar-refractivity contribution in [1.82, 2.24) is 14.8 Å². The number of halogens is 1. The van der Waals surface area contributed by atoms with E-state index >= 15 is 0 Å². The van der Waals surface area contributed by atoms with Gasteiger partial charge in [0.25, 0.3) is 10.0 Å². The highest BCUT2D eigenvalue weighted by atomic mass is 35.5. The summed E-state index contributed by atoms with van der Waals surface area (Å²) in [5.41, 5.74) is 1.05. The first-order valence-corrected chi connectivity index (χ1v) is 9.31. The number of hydrogen-bond donors (Lipinski definition) is 3. The van der Waals surface area contributed by atoms with E-state index in [1.54, 1.807) is 23.0 Å². The van der Waals surface area contributed by atoms with Crippen LogP contribution in [0.2, 0.25) is 5.02 Å². The summed E-state index contributed by atoms with van der Waals surface area (Å²) in [6.07, 6.45) is 5.27. The van der Waals surface area contributed by atoms with Gasteiger partial charge < -0.3 is 10.1 Å². The minimum atomic E-state index is -3.76. The first kappa shape index (κ1) is 15.5. The standard InChI is InChI=1S/C15H15ClN4O3S/c16-13-7-17-15-12(13)2-1-3-14(15)19-24(22,23)11-6-18-20(8-11)9-4-10(21)5-9/h1-3,6-10,17,19,21H,4-5H2/t9-,10+. The van der Waals surface area contributed by atoms with Gasteiger partial charge in [0.2, 0.25) is 0 Å². The minimum Gasteiger partial charge on any atom is -0.393 e. The molecule has 1 aromatic carbocycles. The van der Waals surface area contributed by atoms with Crippen LogP contribution in [-0.4, -0.2) is 34.4 Å². The highest BCUT2D eigenvalue weighted by molar-refractivity contribution is 7.92. The number of nitrogens with zero attached hydrogens (tertiary/aromatic N) is 2. The van der Waals surface area contributed by atoms with Gasteiger partial charge in [-0.3, -0.25) is 9.40 Å². The Hall–Kier alpha value is -2.03. The molecule has 0 amide bonds. The van der Waals surface area contributed by atoms with Crippen LogP contribution in [-0.2, 0) is 10.0 Å². The summed E-state index contributed by atoms with van der Waals surface area (Å²) in [4.78, 5) is 3.05. The lowest BCUT2D eigenvalue weighted by atomic mass is 9.90. The molecule has 1 aliphatic carbocycles. The number of H-pyrrole nitrogens is 1. The third-order valence-corrected chi connectivity index (χ3v) is 5.89. The summed E-state index contributed by atoms with van der Waals surface area (Å²) in [5.74, 6) is 0. The molecule has 9 heteroatoms. The number of sulfonamides is 1. The number of aliphatic hydroxyl groups excluding tert-OH is 1. The van der Waals surface area contributed by atoms with E-state index in [4.69, 9.17) is 11.6 Å². The molecule has 7 nitrogen and oxygen atoms in total. The molecule has 0 aliphatic heterocycles. The molecule has 0 saturated heterocycles. The molecule has 2 aromatic heterocycles. The predicted molar refractivity (Wildman–Crippen MR) is 90.6 cm³/mol. The zero-order chi connectivity index (χ0) is 16.9. The first-order valence-electron chi connectivity index (χ1n) is 7.45. The van der Waals surface area contributed by atoms with Gasteiger partial charge in [0.15, 0.2) is 0 Å². The van der Waals surface area contributed by atoms with E-state index in [-0.39, 0.29) is 17.0 Å². The average Bonchev–Trinajstić information content (AvgIpc) is 3.13. The molecule has 3 aromatic rings. The van der Waals surface area contributed by atoms with Crippen LogP contribution in [0.1, 0.15) is 18.9 Å². The van der Waals surface area contributed by atoms with Gasteiger partial charge in [-0.1, -0.05) is 23.7 Å². The number of aliphatic hydroxyl groups is 1. The molecule has 2 heterocycles. The van der Waals surface area contributed by atoms with Crippen LogP contribution in [0.3, 0.4) is 0 Å². The predicted octanol–water partition coefficient (Wildman–Crippen LogP) is 2.51. The van der Waals surface area contributed by atoms with Crippen molar-refractivity contribution in [2.75, 3.05) is 4.72 Å². The lowest BCUT2D eigenvalue weighted by Crippen LogP contribution is -2.31. The van der Waals surface area contributed by atoms with Gasteiger partial charge in [-0.05, 0) is 18.9 Å². The van der Waals surface area contributed by atoms with Gasteiger partial charge in [0.1, 0.15) is 4.90 Å². The smallest absolute Gasteiger partial charge is 0.265 e. The van der Waals surface area contributed by atoms with Gasteiger partial charge in [-0.2, -0.15) is 5.10 Å². The maximum atomic E-state index is 12.6. The largest absolute Gasteiger partial charge is 0.393 e. The SMILES string of the molecule is O=S(=O)(Nc1cccc2c(Cl)c[nH]c12)c1cnn([C@H]2C[C@@H](O)C2)c1. The summed E-state index contributed by atoms with van der Waals surface area (Å²) in [6, 6.07) is 5.26. The van der Waals surface area contributed by atoms with Crippen molar-refractivity contribution in [3.63, 3.8) is 0 Å². The number of para-hydroxylation sites is 1. The van der Waals surface area contributed by atoms with Gasteiger partial charge in [0.05, 0.1) is 34.6 Å². The van der Waals surface area contributed by atoms with Crippen molar-refractivity contribution >= 4 is 38.2 Å². The molecule has 1 saturated carbocycles. The van der Waals surface area contributed by atoms with E-state index in [0.717, 1.165) is 5.39 Å². The molecule has 0 unspecified atom stereocenters. The van der Waals surface area contributed by atoms with Crippen LogP contribution >= 0.6 is 11.6 Å². The zero-order valence-corrected chi connectivity index (χ0v) is 14.0. The number of aromatic amines is 1. The quantitative estimate of drug-likeness (QED) is 0.660. The van der Waals surface area contributed by atoms with Crippen LogP contribution < -0.4 is 4.72 Å². The Labute approximate surface area is 143 Å². The highest BCUT2D eigenvalue weighted by Gasteiger charge is 2.30. The molecule has 0 bridgehead atoms. The second kappa shape index (κ2) is 5.51. The normalized spacial score (nSPS) is 20.9. The van der Waals surface area contributed by atoms with Crippen molar-refractivity contribution < 1.29 is 13.5 Å². The minimum absolute atomic E-state index is 0.0506. The number of aromatic nitrogens is 3. The molecule has 0 radical (unpaired) electrons. The Kier molecular flexibility index (Phi) is 3.56. The molecule has 3 N–H and O–H groups in total. The number of rotatable bonds is 4. The van der Waals surface area contributed by atoms with Crippen LogP contribution in [0.15, 0.2) is 41.7 Å². The topological polar surface area (TPSA) is 100 Å². The van der Waals surface area contributed by atoms with Crippen molar-refractivity contribution in [3.05, 3.63) is 41.8 Å².